The number of benzene rings is 1. The fraction of sp³-hybridized carbons (Fsp3) is 0.600. The Labute approximate surface area is 128 Å². The van der Waals surface area contributed by atoms with Crippen LogP contribution in [-0.2, 0) is 11.2 Å². The zero-order valence-corrected chi connectivity index (χ0v) is 12.1. The van der Waals surface area contributed by atoms with Crippen molar-refractivity contribution in [1.82, 2.24) is 0 Å². The number of rotatable bonds is 6. The average molecular weight is 314 g/mol. The van der Waals surface area contributed by atoms with Gasteiger partial charge in [0, 0.05) is 6.61 Å². The third-order valence-corrected chi connectivity index (χ3v) is 3.65. The summed E-state index contributed by atoms with van der Waals surface area (Å²) in [5, 5.41) is 47.2. The van der Waals surface area contributed by atoms with E-state index in [1.807, 2.05) is 12.1 Å². The lowest BCUT2D eigenvalue weighted by Crippen LogP contribution is -2.60. The highest BCUT2D eigenvalue weighted by Crippen LogP contribution is 2.24. The number of ether oxygens (including phenoxy) is 2. The minimum atomic E-state index is -1.46. The van der Waals surface area contributed by atoms with Gasteiger partial charge in [-0.15, -0.1) is 0 Å². The standard InChI is InChI=1S/C15H22O7/c16-7-1-2-9-3-5-10(6-4-9)21-15-14(20)13(19)12(18)11(8-17)22-15/h3-6,11-20H,1-2,7-8H2/t11-,12-,13+,14-,15-/m1/s1. The first-order valence-corrected chi connectivity index (χ1v) is 7.23. The topological polar surface area (TPSA) is 120 Å². The predicted molar refractivity (Wildman–Crippen MR) is 76.2 cm³/mol. The zero-order valence-electron chi connectivity index (χ0n) is 12.1. The van der Waals surface area contributed by atoms with Gasteiger partial charge in [-0.05, 0) is 30.5 Å². The molecule has 5 atom stereocenters. The highest BCUT2D eigenvalue weighted by Gasteiger charge is 2.44. The SMILES string of the molecule is OCCCc1ccc(O[C@@H]2O[C@H](CO)[C@@H](O)[C@H](O)[C@H]2O)cc1. The van der Waals surface area contributed by atoms with Gasteiger partial charge in [0.05, 0.1) is 6.61 Å². The molecule has 22 heavy (non-hydrogen) atoms. The first kappa shape index (κ1) is 17.1. The largest absolute Gasteiger partial charge is 0.462 e. The average Bonchev–Trinajstić information content (AvgIpc) is 2.54. The second-order valence-electron chi connectivity index (χ2n) is 5.29. The third kappa shape index (κ3) is 3.95. The van der Waals surface area contributed by atoms with E-state index in [0.717, 1.165) is 12.0 Å². The normalized spacial score (nSPS) is 32.0. The molecular formula is C15H22O7. The van der Waals surface area contributed by atoms with Gasteiger partial charge in [-0.2, -0.15) is 0 Å². The Balaban J connectivity index is 1.99. The second kappa shape index (κ2) is 7.87. The van der Waals surface area contributed by atoms with Crippen molar-refractivity contribution < 1.29 is 35.0 Å². The molecule has 1 saturated heterocycles. The molecule has 2 rings (SSSR count). The third-order valence-electron chi connectivity index (χ3n) is 3.65. The van der Waals surface area contributed by atoms with Crippen molar-refractivity contribution in [2.24, 2.45) is 0 Å². The van der Waals surface area contributed by atoms with E-state index in [2.05, 4.69) is 0 Å². The number of hydrogen-bond donors (Lipinski definition) is 5. The van der Waals surface area contributed by atoms with Crippen molar-refractivity contribution in [3.8, 4) is 5.75 Å². The van der Waals surface area contributed by atoms with Crippen LogP contribution in [0.3, 0.4) is 0 Å². The van der Waals surface area contributed by atoms with E-state index in [1.165, 1.54) is 0 Å². The maximum Gasteiger partial charge on any atom is 0.229 e. The van der Waals surface area contributed by atoms with Gasteiger partial charge in [0.1, 0.15) is 30.2 Å². The quantitative estimate of drug-likeness (QED) is 0.447. The van der Waals surface area contributed by atoms with Gasteiger partial charge in [0.2, 0.25) is 6.29 Å². The van der Waals surface area contributed by atoms with E-state index in [1.54, 1.807) is 12.1 Å². The van der Waals surface area contributed by atoms with Crippen molar-refractivity contribution in [2.75, 3.05) is 13.2 Å². The summed E-state index contributed by atoms with van der Waals surface area (Å²) in [4.78, 5) is 0. The smallest absolute Gasteiger partial charge is 0.229 e. The van der Waals surface area contributed by atoms with Crippen molar-refractivity contribution in [3.05, 3.63) is 29.8 Å². The lowest BCUT2D eigenvalue weighted by Gasteiger charge is -2.39. The van der Waals surface area contributed by atoms with Crippen LogP contribution in [0.5, 0.6) is 5.75 Å². The Morgan fingerprint density at radius 3 is 2.23 bits per heavy atom. The molecule has 0 bridgehead atoms. The Kier molecular flexibility index (Phi) is 6.13. The molecule has 0 aromatic heterocycles. The molecule has 1 aromatic carbocycles. The zero-order chi connectivity index (χ0) is 16.1. The van der Waals surface area contributed by atoms with Crippen molar-refractivity contribution in [2.45, 2.75) is 43.5 Å². The van der Waals surface area contributed by atoms with Crippen LogP contribution in [0.25, 0.3) is 0 Å². The fourth-order valence-corrected chi connectivity index (χ4v) is 2.32. The van der Waals surface area contributed by atoms with E-state index in [4.69, 9.17) is 19.7 Å². The minimum absolute atomic E-state index is 0.128. The molecule has 5 N–H and O–H groups in total. The summed E-state index contributed by atoms with van der Waals surface area (Å²) in [5.41, 5.74) is 1.04. The molecule has 0 radical (unpaired) electrons. The molecule has 0 amide bonds. The molecular weight excluding hydrogens is 292 g/mol. The highest BCUT2D eigenvalue weighted by atomic mass is 16.7. The van der Waals surface area contributed by atoms with Crippen LogP contribution < -0.4 is 4.74 Å². The van der Waals surface area contributed by atoms with Crippen molar-refractivity contribution in [3.63, 3.8) is 0 Å². The van der Waals surface area contributed by atoms with Crippen LogP contribution in [0.2, 0.25) is 0 Å². The minimum Gasteiger partial charge on any atom is -0.462 e. The van der Waals surface area contributed by atoms with Gasteiger partial charge in [0.25, 0.3) is 0 Å². The molecule has 1 aliphatic rings. The molecule has 0 aliphatic carbocycles. The van der Waals surface area contributed by atoms with E-state index >= 15 is 0 Å². The second-order valence-corrected chi connectivity index (χ2v) is 5.29. The van der Waals surface area contributed by atoms with Crippen LogP contribution in [0.15, 0.2) is 24.3 Å². The van der Waals surface area contributed by atoms with Crippen LogP contribution in [0.4, 0.5) is 0 Å². The number of aryl methyl sites for hydroxylation is 1. The Morgan fingerprint density at radius 1 is 0.955 bits per heavy atom. The number of aliphatic hydroxyl groups excluding tert-OH is 5. The van der Waals surface area contributed by atoms with Gasteiger partial charge < -0.3 is 35.0 Å². The summed E-state index contributed by atoms with van der Waals surface area (Å²) in [6.45, 7) is -0.367. The Morgan fingerprint density at radius 2 is 1.64 bits per heavy atom. The van der Waals surface area contributed by atoms with Crippen LogP contribution in [0.1, 0.15) is 12.0 Å². The van der Waals surface area contributed by atoms with Crippen LogP contribution in [0, 0.1) is 0 Å². The van der Waals surface area contributed by atoms with Crippen molar-refractivity contribution >= 4 is 0 Å². The lowest BCUT2D eigenvalue weighted by molar-refractivity contribution is -0.277. The first-order chi connectivity index (χ1) is 10.6. The molecule has 0 spiro atoms. The molecule has 7 heteroatoms. The molecule has 1 aromatic rings. The summed E-state index contributed by atoms with van der Waals surface area (Å²) in [6, 6.07) is 7.03. The van der Waals surface area contributed by atoms with Gasteiger partial charge >= 0.3 is 0 Å². The molecule has 1 fully saturated rings. The molecule has 1 aliphatic heterocycles. The van der Waals surface area contributed by atoms with Gasteiger partial charge in [-0.3, -0.25) is 0 Å². The summed E-state index contributed by atoms with van der Waals surface area (Å²) < 4.78 is 10.7. The molecule has 0 saturated carbocycles. The van der Waals surface area contributed by atoms with Gasteiger partial charge in [-0.1, -0.05) is 12.1 Å². The highest BCUT2D eigenvalue weighted by molar-refractivity contribution is 5.27. The van der Waals surface area contributed by atoms with E-state index in [-0.39, 0.29) is 6.61 Å². The predicted octanol–water partition coefficient (Wildman–Crippen LogP) is -1.21. The van der Waals surface area contributed by atoms with Gasteiger partial charge in [-0.25, -0.2) is 0 Å². The van der Waals surface area contributed by atoms with E-state index in [0.29, 0.717) is 12.2 Å². The van der Waals surface area contributed by atoms with E-state index in [9.17, 15) is 15.3 Å². The fourth-order valence-electron chi connectivity index (χ4n) is 2.32. The Bertz CT molecular complexity index is 448. The van der Waals surface area contributed by atoms with Crippen LogP contribution >= 0.6 is 0 Å². The number of hydrogen-bond acceptors (Lipinski definition) is 7. The molecule has 124 valence electrons. The van der Waals surface area contributed by atoms with Gasteiger partial charge in [0.15, 0.2) is 0 Å². The summed E-state index contributed by atoms with van der Waals surface area (Å²) in [7, 11) is 0. The summed E-state index contributed by atoms with van der Waals surface area (Å²) >= 11 is 0. The maximum atomic E-state index is 9.88. The summed E-state index contributed by atoms with van der Waals surface area (Å²) in [6.07, 6.45) is -5.04. The maximum absolute atomic E-state index is 9.88. The number of aliphatic hydroxyl groups is 5. The monoisotopic (exact) mass is 314 g/mol. The summed E-state index contributed by atoms with van der Waals surface area (Å²) in [5.74, 6) is 0.428. The van der Waals surface area contributed by atoms with E-state index < -0.39 is 37.3 Å². The Hall–Kier alpha value is -1.22. The van der Waals surface area contributed by atoms with Crippen molar-refractivity contribution in [1.29, 1.82) is 0 Å². The first-order valence-electron chi connectivity index (χ1n) is 7.23. The molecule has 1 heterocycles. The van der Waals surface area contributed by atoms with Crippen LogP contribution in [-0.4, -0.2) is 69.5 Å². The lowest BCUT2D eigenvalue weighted by atomic mass is 9.99. The molecule has 7 nitrogen and oxygen atoms in total. The molecule has 0 unspecified atom stereocenters.